The van der Waals surface area contributed by atoms with Gasteiger partial charge in [0.05, 0.1) is 12.0 Å². The molecule has 0 amide bonds. The normalized spacial score (nSPS) is 21.1. The van der Waals surface area contributed by atoms with Crippen LogP contribution < -0.4 is 0 Å². The highest BCUT2D eigenvalue weighted by Gasteiger charge is 2.23. The van der Waals surface area contributed by atoms with E-state index in [4.69, 9.17) is 5.11 Å². The fourth-order valence-corrected chi connectivity index (χ4v) is 2.63. The summed E-state index contributed by atoms with van der Waals surface area (Å²) >= 11 is 0. The minimum Gasteiger partial charge on any atom is -0.481 e. The fraction of sp³-hybridized carbons (Fsp3) is 0.692. The SMILES string of the molecule is Cn1cncc1CN1CCCCC1CCC(=O)O. The molecule has 2 rings (SSSR count). The Morgan fingerprint density at radius 2 is 2.39 bits per heavy atom. The number of carboxylic acid groups (broad SMARTS) is 1. The van der Waals surface area contributed by atoms with Gasteiger partial charge in [0.2, 0.25) is 0 Å². The Morgan fingerprint density at radius 3 is 3.06 bits per heavy atom. The van der Waals surface area contributed by atoms with Gasteiger partial charge in [-0.1, -0.05) is 6.42 Å². The Bertz CT molecular complexity index is 403. The maximum Gasteiger partial charge on any atom is 0.303 e. The molecule has 0 bridgehead atoms. The molecule has 1 saturated heterocycles. The van der Waals surface area contributed by atoms with Gasteiger partial charge in [-0.15, -0.1) is 0 Å². The number of carbonyl (C=O) groups is 1. The highest BCUT2D eigenvalue weighted by molar-refractivity contribution is 5.66. The van der Waals surface area contributed by atoms with Crippen LogP contribution in [0.5, 0.6) is 0 Å². The first-order valence-corrected chi connectivity index (χ1v) is 6.58. The van der Waals surface area contributed by atoms with E-state index in [2.05, 4.69) is 9.88 Å². The molecule has 1 aromatic rings. The van der Waals surface area contributed by atoms with E-state index in [0.29, 0.717) is 6.04 Å². The van der Waals surface area contributed by atoms with Gasteiger partial charge >= 0.3 is 5.97 Å². The fourth-order valence-electron chi connectivity index (χ4n) is 2.63. The molecule has 1 N–H and O–H groups in total. The summed E-state index contributed by atoms with van der Waals surface area (Å²) in [5.41, 5.74) is 1.19. The van der Waals surface area contributed by atoms with Crippen LogP contribution >= 0.6 is 0 Å². The van der Waals surface area contributed by atoms with Gasteiger partial charge in [-0.05, 0) is 25.8 Å². The number of piperidine rings is 1. The average Bonchev–Trinajstić information content (AvgIpc) is 2.74. The van der Waals surface area contributed by atoms with Crippen molar-refractivity contribution in [3.05, 3.63) is 18.2 Å². The van der Waals surface area contributed by atoms with E-state index >= 15 is 0 Å². The Labute approximate surface area is 107 Å². The second-order valence-corrected chi connectivity index (χ2v) is 5.05. The zero-order chi connectivity index (χ0) is 13.0. The van der Waals surface area contributed by atoms with Crippen molar-refractivity contribution in [1.82, 2.24) is 14.5 Å². The van der Waals surface area contributed by atoms with Crippen molar-refractivity contribution in [1.29, 1.82) is 0 Å². The van der Waals surface area contributed by atoms with Crippen LogP contribution in [-0.2, 0) is 18.4 Å². The van der Waals surface area contributed by atoms with E-state index < -0.39 is 5.97 Å². The van der Waals surface area contributed by atoms with E-state index in [1.807, 2.05) is 24.1 Å². The first-order chi connectivity index (χ1) is 8.66. The van der Waals surface area contributed by atoms with Crippen LogP contribution in [0.1, 0.15) is 37.8 Å². The second kappa shape index (κ2) is 6.00. The number of hydrogen-bond donors (Lipinski definition) is 1. The molecule has 0 aromatic carbocycles. The molecule has 1 aliphatic heterocycles. The smallest absolute Gasteiger partial charge is 0.303 e. The number of aryl methyl sites for hydroxylation is 1. The maximum absolute atomic E-state index is 10.7. The van der Waals surface area contributed by atoms with Gasteiger partial charge < -0.3 is 9.67 Å². The number of aliphatic carboxylic acids is 1. The third kappa shape index (κ3) is 3.32. The average molecular weight is 251 g/mol. The summed E-state index contributed by atoms with van der Waals surface area (Å²) in [6.07, 6.45) is 8.27. The summed E-state index contributed by atoms with van der Waals surface area (Å²) in [5.74, 6) is -0.693. The van der Waals surface area contributed by atoms with Crippen LogP contribution in [0.4, 0.5) is 0 Å². The van der Waals surface area contributed by atoms with Gasteiger partial charge in [-0.3, -0.25) is 9.69 Å². The lowest BCUT2D eigenvalue weighted by Crippen LogP contribution is -2.39. The van der Waals surface area contributed by atoms with Crippen LogP contribution in [-0.4, -0.2) is 38.1 Å². The van der Waals surface area contributed by atoms with Gasteiger partial charge in [0.15, 0.2) is 0 Å². The molecule has 2 heterocycles. The summed E-state index contributed by atoms with van der Waals surface area (Å²) in [5, 5.41) is 8.80. The lowest BCUT2D eigenvalue weighted by atomic mass is 9.98. The molecular formula is C13H21N3O2. The molecule has 0 radical (unpaired) electrons. The third-order valence-electron chi connectivity index (χ3n) is 3.72. The monoisotopic (exact) mass is 251 g/mol. The first-order valence-electron chi connectivity index (χ1n) is 6.58. The lowest BCUT2D eigenvalue weighted by molar-refractivity contribution is -0.137. The van der Waals surface area contributed by atoms with Crippen molar-refractivity contribution < 1.29 is 9.90 Å². The topological polar surface area (TPSA) is 58.4 Å². The van der Waals surface area contributed by atoms with E-state index in [9.17, 15) is 4.79 Å². The minimum absolute atomic E-state index is 0.270. The van der Waals surface area contributed by atoms with E-state index in [1.165, 1.54) is 18.5 Å². The Balaban J connectivity index is 1.95. The van der Waals surface area contributed by atoms with Gasteiger partial charge in [0.1, 0.15) is 0 Å². The van der Waals surface area contributed by atoms with Crippen molar-refractivity contribution >= 4 is 5.97 Å². The summed E-state index contributed by atoms with van der Waals surface area (Å²) in [7, 11) is 2.00. The van der Waals surface area contributed by atoms with Crippen LogP contribution in [0.3, 0.4) is 0 Å². The van der Waals surface area contributed by atoms with Crippen LogP contribution in [0, 0.1) is 0 Å². The number of hydrogen-bond acceptors (Lipinski definition) is 3. The predicted octanol–water partition coefficient (Wildman–Crippen LogP) is 1.64. The molecule has 5 nitrogen and oxygen atoms in total. The molecule has 1 aliphatic rings. The molecule has 0 aliphatic carbocycles. The first kappa shape index (κ1) is 13.1. The van der Waals surface area contributed by atoms with Gasteiger partial charge in [0.25, 0.3) is 0 Å². The molecule has 1 aromatic heterocycles. The Hall–Kier alpha value is -1.36. The molecule has 5 heteroatoms. The van der Waals surface area contributed by atoms with Crippen LogP contribution in [0.15, 0.2) is 12.5 Å². The van der Waals surface area contributed by atoms with E-state index in [0.717, 1.165) is 25.9 Å². The lowest BCUT2D eigenvalue weighted by Gasteiger charge is -2.35. The predicted molar refractivity (Wildman–Crippen MR) is 68.1 cm³/mol. The number of nitrogens with zero attached hydrogens (tertiary/aromatic N) is 3. The third-order valence-corrected chi connectivity index (χ3v) is 3.72. The van der Waals surface area contributed by atoms with Crippen LogP contribution in [0.2, 0.25) is 0 Å². The molecule has 0 saturated carbocycles. The van der Waals surface area contributed by atoms with Crippen molar-refractivity contribution in [2.24, 2.45) is 7.05 Å². The zero-order valence-electron chi connectivity index (χ0n) is 10.9. The van der Waals surface area contributed by atoms with Crippen molar-refractivity contribution in [3.63, 3.8) is 0 Å². The molecule has 1 atom stereocenters. The maximum atomic E-state index is 10.7. The molecule has 0 spiro atoms. The molecule has 100 valence electrons. The standard InChI is InChI=1S/C13H21N3O2/c1-15-10-14-8-12(15)9-16-7-3-2-4-11(16)5-6-13(17)18/h8,10-11H,2-7,9H2,1H3,(H,17,18). The highest BCUT2D eigenvalue weighted by atomic mass is 16.4. The van der Waals surface area contributed by atoms with Gasteiger partial charge in [-0.25, -0.2) is 4.98 Å². The zero-order valence-corrected chi connectivity index (χ0v) is 10.9. The van der Waals surface area contributed by atoms with Crippen LogP contribution in [0.25, 0.3) is 0 Å². The van der Waals surface area contributed by atoms with Crippen molar-refractivity contribution in [2.75, 3.05) is 6.54 Å². The number of rotatable bonds is 5. The summed E-state index contributed by atoms with van der Waals surface area (Å²) in [6.45, 7) is 1.94. The molecule has 1 unspecified atom stereocenters. The van der Waals surface area contributed by atoms with Gasteiger partial charge in [-0.2, -0.15) is 0 Å². The van der Waals surface area contributed by atoms with Gasteiger partial charge in [0, 0.05) is 32.3 Å². The largest absolute Gasteiger partial charge is 0.481 e. The van der Waals surface area contributed by atoms with Crippen molar-refractivity contribution in [2.45, 2.75) is 44.7 Å². The quantitative estimate of drug-likeness (QED) is 0.864. The minimum atomic E-state index is -0.693. The molecule has 1 fully saturated rings. The summed E-state index contributed by atoms with van der Waals surface area (Å²) in [4.78, 5) is 17.2. The number of likely N-dealkylation sites (tertiary alicyclic amines) is 1. The second-order valence-electron chi connectivity index (χ2n) is 5.05. The van der Waals surface area contributed by atoms with Crippen molar-refractivity contribution in [3.8, 4) is 0 Å². The highest BCUT2D eigenvalue weighted by Crippen LogP contribution is 2.22. The molecular weight excluding hydrogens is 230 g/mol. The van der Waals surface area contributed by atoms with E-state index in [-0.39, 0.29) is 6.42 Å². The molecule has 18 heavy (non-hydrogen) atoms. The summed E-state index contributed by atoms with van der Waals surface area (Å²) < 4.78 is 2.03. The summed E-state index contributed by atoms with van der Waals surface area (Å²) in [6, 6.07) is 0.407. The number of carboxylic acids is 1. The van der Waals surface area contributed by atoms with E-state index in [1.54, 1.807) is 0 Å². The number of aromatic nitrogens is 2. The Morgan fingerprint density at radius 1 is 1.56 bits per heavy atom. The number of imidazole rings is 1. The Kier molecular flexibility index (Phi) is 4.36.